The van der Waals surface area contributed by atoms with Crippen molar-refractivity contribution < 1.29 is 18.7 Å². The fourth-order valence-corrected chi connectivity index (χ4v) is 1.82. The van der Waals surface area contributed by atoms with Gasteiger partial charge >= 0.3 is 11.8 Å². The molecule has 1 saturated heterocycles. The number of hydrogen-bond donors (Lipinski definition) is 2. The Bertz CT molecular complexity index is 503. The molecule has 2 rings (SSSR count). The molecule has 0 bridgehead atoms. The van der Waals surface area contributed by atoms with Gasteiger partial charge in [0.15, 0.2) is 0 Å². The molecule has 2 heterocycles. The number of carbonyl (C=O) groups excluding carboxylic acids is 2. The van der Waals surface area contributed by atoms with Crippen LogP contribution in [-0.4, -0.2) is 37.3 Å². The lowest BCUT2D eigenvalue weighted by atomic mass is 10.2. The van der Waals surface area contributed by atoms with Crippen molar-refractivity contribution in [1.29, 1.82) is 0 Å². The number of nitrogens with one attached hydrogen (secondary N) is 2. The highest BCUT2D eigenvalue weighted by atomic mass is 16.5. The lowest BCUT2D eigenvalue weighted by molar-refractivity contribution is -0.139. The van der Waals surface area contributed by atoms with Crippen LogP contribution in [0.25, 0.3) is 0 Å². The summed E-state index contributed by atoms with van der Waals surface area (Å²) in [7, 11) is 0. The molecule has 0 aliphatic carbocycles. The standard InChI is InChI=1S/C13H17N3O4/c1-9-4-5-11(20-9)8-15-16-13(18)12(17)14-7-10-3-2-6-19-10/h4-5,8,10H,2-3,6-7H2,1H3,(H,14,17)(H,16,18)/b15-8-/t10-/m1/s1. The molecule has 0 unspecified atom stereocenters. The van der Waals surface area contributed by atoms with Crippen molar-refractivity contribution in [2.45, 2.75) is 25.9 Å². The summed E-state index contributed by atoms with van der Waals surface area (Å²) in [4.78, 5) is 22.9. The zero-order valence-corrected chi connectivity index (χ0v) is 11.2. The third-order valence-corrected chi connectivity index (χ3v) is 2.84. The molecule has 7 nitrogen and oxygen atoms in total. The number of carbonyl (C=O) groups is 2. The Morgan fingerprint density at radius 2 is 2.30 bits per heavy atom. The number of rotatable bonds is 4. The Hall–Kier alpha value is -2.15. The van der Waals surface area contributed by atoms with Crippen LogP contribution in [0.2, 0.25) is 0 Å². The van der Waals surface area contributed by atoms with E-state index in [1.165, 1.54) is 6.21 Å². The Balaban J connectivity index is 1.70. The lowest BCUT2D eigenvalue weighted by Crippen LogP contribution is -2.41. The molecular weight excluding hydrogens is 262 g/mol. The van der Waals surface area contributed by atoms with Crippen LogP contribution in [-0.2, 0) is 14.3 Å². The Labute approximate surface area is 116 Å². The molecule has 1 aliphatic rings. The highest BCUT2D eigenvalue weighted by Crippen LogP contribution is 2.10. The fraction of sp³-hybridized carbons (Fsp3) is 0.462. The molecule has 20 heavy (non-hydrogen) atoms. The Morgan fingerprint density at radius 1 is 1.45 bits per heavy atom. The second-order valence-corrected chi connectivity index (χ2v) is 4.49. The van der Waals surface area contributed by atoms with Gasteiger partial charge in [0.25, 0.3) is 0 Å². The minimum atomic E-state index is -0.817. The van der Waals surface area contributed by atoms with Gasteiger partial charge in [-0.15, -0.1) is 0 Å². The summed E-state index contributed by atoms with van der Waals surface area (Å²) in [5.41, 5.74) is 2.13. The van der Waals surface area contributed by atoms with E-state index in [-0.39, 0.29) is 6.10 Å². The smallest absolute Gasteiger partial charge is 0.329 e. The summed E-state index contributed by atoms with van der Waals surface area (Å²) >= 11 is 0. The first-order valence-corrected chi connectivity index (χ1v) is 6.44. The number of ether oxygens (including phenoxy) is 1. The summed E-state index contributed by atoms with van der Waals surface area (Å²) in [6.45, 7) is 2.85. The van der Waals surface area contributed by atoms with E-state index in [9.17, 15) is 9.59 Å². The van der Waals surface area contributed by atoms with Crippen molar-refractivity contribution in [3.63, 3.8) is 0 Å². The average Bonchev–Trinajstić information content (AvgIpc) is 3.07. The largest absolute Gasteiger partial charge is 0.460 e. The van der Waals surface area contributed by atoms with E-state index in [2.05, 4.69) is 15.8 Å². The first-order valence-electron chi connectivity index (χ1n) is 6.44. The van der Waals surface area contributed by atoms with E-state index in [0.717, 1.165) is 18.6 Å². The number of hydrazone groups is 1. The number of furan rings is 1. The molecule has 2 N–H and O–H groups in total. The third kappa shape index (κ3) is 4.20. The van der Waals surface area contributed by atoms with Crippen LogP contribution in [0.4, 0.5) is 0 Å². The van der Waals surface area contributed by atoms with E-state index in [1.54, 1.807) is 19.1 Å². The molecule has 0 saturated carbocycles. The van der Waals surface area contributed by atoms with Gasteiger partial charge in [0.05, 0.1) is 12.3 Å². The van der Waals surface area contributed by atoms with Crippen LogP contribution in [0, 0.1) is 6.92 Å². The van der Waals surface area contributed by atoms with Gasteiger partial charge in [0.2, 0.25) is 0 Å². The second-order valence-electron chi connectivity index (χ2n) is 4.49. The topological polar surface area (TPSA) is 92.9 Å². The summed E-state index contributed by atoms with van der Waals surface area (Å²) in [6, 6.07) is 3.49. The van der Waals surface area contributed by atoms with Gasteiger partial charge in [0, 0.05) is 13.2 Å². The number of hydrogen-bond acceptors (Lipinski definition) is 5. The summed E-state index contributed by atoms with van der Waals surface area (Å²) in [6.07, 6.45) is 3.22. The van der Waals surface area contributed by atoms with Crippen LogP contribution in [0.15, 0.2) is 21.7 Å². The molecule has 1 fully saturated rings. The van der Waals surface area contributed by atoms with Crippen LogP contribution >= 0.6 is 0 Å². The minimum Gasteiger partial charge on any atom is -0.460 e. The fourth-order valence-electron chi connectivity index (χ4n) is 1.82. The van der Waals surface area contributed by atoms with Gasteiger partial charge in [-0.25, -0.2) is 5.43 Å². The van der Waals surface area contributed by atoms with Crippen molar-refractivity contribution in [2.75, 3.05) is 13.2 Å². The maximum absolute atomic E-state index is 11.5. The van der Waals surface area contributed by atoms with E-state index < -0.39 is 11.8 Å². The molecule has 0 aromatic carbocycles. The van der Waals surface area contributed by atoms with Crippen LogP contribution in [0.3, 0.4) is 0 Å². The van der Waals surface area contributed by atoms with Crippen LogP contribution in [0.1, 0.15) is 24.4 Å². The monoisotopic (exact) mass is 279 g/mol. The molecule has 108 valence electrons. The predicted octanol–water partition coefficient (Wildman–Crippen LogP) is 0.333. The normalized spacial score (nSPS) is 18.4. The van der Waals surface area contributed by atoms with Crippen LogP contribution in [0.5, 0.6) is 0 Å². The molecule has 0 radical (unpaired) electrons. The molecule has 7 heteroatoms. The summed E-state index contributed by atoms with van der Waals surface area (Å²) in [5.74, 6) is -0.301. The summed E-state index contributed by atoms with van der Waals surface area (Å²) < 4.78 is 10.6. The van der Waals surface area contributed by atoms with E-state index in [4.69, 9.17) is 9.15 Å². The average molecular weight is 279 g/mol. The van der Waals surface area contributed by atoms with Crippen LogP contribution < -0.4 is 10.7 Å². The zero-order valence-electron chi connectivity index (χ0n) is 11.2. The molecule has 0 spiro atoms. The highest BCUT2D eigenvalue weighted by Gasteiger charge is 2.18. The van der Waals surface area contributed by atoms with Gasteiger partial charge in [-0.1, -0.05) is 0 Å². The SMILES string of the molecule is Cc1ccc(/C=N\NC(=O)C(=O)NC[C@H]2CCCO2)o1. The van der Waals surface area contributed by atoms with Crippen molar-refractivity contribution in [3.05, 3.63) is 23.7 Å². The van der Waals surface area contributed by atoms with Gasteiger partial charge in [-0.3, -0.25) is 9.59 Å². The van der Waals surface area contributed by atoms with E-state index in [1.807, 2.05) is 0 Å². The van der Waals surface area contributed by atoms with Gasteiger partial charge in [-0.2, -0.15) is 5.10 Å². The first-order chi connectivity index (χ1) is 9.65. The summed E-state index contributed by atoms with van der Waals surface area (Å²) in [5, 5.41) is 6.15. The van der Waals surface area contributed by atoms with E-state index >= 15 is 0 Å². The van der Waals surface area contributed by atoms with Gasteiger partial charge in [0.1, 0.15) is 11.5 Å². The van der Waals surface area contributed by atoms with Crippen molar-refractivity contribution in [2.24, 2.45) is 5.10 Å². The van der Waals surface area contributed by atoms with Crippen molar-refractivity contribution >= 4 is 18.0 Å². The second kappa shape index (κ2) is 6.85. The van der Waals surface area contributed by atoms with Crippen molar-refractivity contribution in [3.8, 4) is 0 Å². The number of nitrogens with zero attached hydrogens (tertiary/aromatic N) is 1. The highest BCUT2D eigenvalue weighted by molar-refractivity contribution is 6.35. The quantitative estimate of drug-likeness (QED) is 0.472. The first kappa shape index (κ1) is 14.3. The van der Waals surface area contributed by atoms with Gasteiger partial charge < -0.3 is 14.5 Å². The molecule has 1 aromatic heterocycles. The predicted molar refractivity (Wildman–Crippen MR) is 71.2 cm³/mol. The zero-order chi connectivity index (χ0) is 14.4. The number of aryl methyl sites for hydroxylation is 1. The maximum Gasteiger partial charge on any atom is 0.329 e. The molecule has 1 aliphatic heterocycles. The molecular formula is C13H17N3O4. The lowest BCUT2D eigenvalue weighted by Gasteiger charge is -2.09. The Kier molecular flexibility index (Phi) is 4.89. The minimum absolute atomic E-state index is 0.00125. The van der Waals surface area contributed by atoms with Crippen molar-refractivity contribution in [1.82, 2.24) is 10.7 Å². The van der Waals surface area contributed by atoms with E-state index in [0.29, 0.717) is 18.9 Å². The van der Waals surface area contributed by atoms with Gasteiger partial charge in [-0.05, 0) is 31.9 Å². The molecule has 2 amide bonds. The molecule has 1 atom stereocenters. The third-order valence-electron chi connectivity index (χ3n) is 2.84. The molecule has 1 aromatic rings. The maximum atomic E-state index is 11.5. The Morgan fingerprint density at radius 3 is 2.95 bits per heavy atom. The number of amides is 2.